The van der Waals surface area contributed by atoms with Crippen LogP contribution in [0.25, 0.3) is 0 Å². The molecule has 0 heterocycles. The van der Waals surface area contributed by atoms with Crippen molar-refractivity contribution >= 4 is 17.9 Å². The highest BCUT2D eigenvalue weighted by Gasteiger charge is 2.19. The first-order chi connectivity index (χ1) is 36.0. The molecule has 0 N–H and O–H groups in total. The van der Waals surface area contributed by atoms with E-state index < -0.39 is 6.10 Å². The van der Waals surface area contributed by atoms with Crippen LogP contribution in [0.3, 0.4) is 0 Å². The van der Waals surface area contributed by atoms with Crippen LogP contribution < -0.4 is 0 Å². The molecule has 0 aromatic heterocycles. The van der Waals surface area contributed by atoms with Gasteiger partial charge in [0.2, 0.25) is 0 Å². The first kappa shape index (κ1) is 69.1. The van der Waals surface area contributed by atoms with Gasteiger partial charge in [-0.2, -0.15) is 0 Å². The zero-order chi connectivity index (χ0) is 52.9. The summed E-state index contributed by atoms with van der Waals surface area (Å²) in [6.45, 7) is 6.44. The second kappa shape index (κ2) is 60.6. The average Bonchev–Trinajstić information content (AvgIpc) is 3.39. The standard InChI is InChI=1S/C67H112O6/c1-4-7-10-13-16-19-22-25-28-31-33-36-39-42-45-48-51-54-57-60-66(69)72-63-64(62-71-65(68)59-56-53-50-47-44-41-38-35-30-27-24-21-18-15-12-9-6-3)73-67(70)61-58-55-52-49-46-43-40-37-34-32-29-26-23-20-17-14-11-8-5-2/h9,12,16-21,25-30,38,41,47,50,64H,4-8,10-11,13-15,22-24,31-37,39-40,42-46,48-49,51-63H2,1-3H3/b12-9-,19-16-,20-17-,21-18-,28-25-,29-26-,30-27-,41-38-,50-47-/t64-/m1/s1. The van der Waals surface area contributed by atoms with Gasteiger partial charge >= 0.3 is 17.9 Å². The van der Waals surface area contributed by atoms with Crippen molar-refractivity contribution in [2.24, 2.45) is 0 Å². The normalized spacial score (nSPS) is 12.9. The molecule has 6 nitrogen and oxygen atoms in total. The average molecular weight is 1010 g/mol. The molecule has 0 spiro atoms. The smallest absolute Gasteiger partial charge is 0.306 e. The fourth-order valence-corrected chi connectivity index (χ4v) is 8.19. The summed E-state index contributed by atoms with van der Waals surface area (Å²) in [5.74, 6) is -0.965. The van der Waals surface area contributed by atoms with Gasteiger partial charge in [0.1, 0.15) is 13.2 Å². The number of allylic oxidation sites excluding steroid dienone is 18. The summed E-state index contributed by atoms with van der Waals surface area (Å²) in [7, 11) is 0. The van der Waals surface area contributed by atoms with Gasteiger partial charge in [0.25, 0.3) is 0 Å². The summed E-state index contributed by atoms with van der Waals surface area (Å²) < 4.78 is 16.9. The molecule has 0 amide bonds. The van der Waals surface area contributed by atoms with Gasteiger partial charge in [-0.05, 0) is 122 Å². The van der Waals surface area contributed by atoms with E-state index in [1.165, 1.54) is 141 Å². The first-order valence-corrected chi connectivity index (χ1v) is 30.4. The van der Waals surface area contributed by atoms with Crippen molar-refractivity contribution in [3.8, 4) is 0 Å². The van der Waals surface area contributed by atoms with Crippen LogP contribution in [0, 0.1) is 0 Å². The molecule has 73 heavy (non-hydrogen) atoms. The van der Waals surface area contributed by atoms with Crippen molar-refractivity contribution in [2.45, 2.75) is 284 Å². The van der Waals surface area contributed by atoms with Gasteiger partial charge in [-0.3, -0.25) is 14.4 Å². The summed E-state index contributed by atoms with van der Waals surface area (Å²) >= 11 is 0. The molecule has 0 saturated heterocycles. The lowest BCUT2D eigenvalue weighted by Gasteiger charge is -2.18. The lowest BCUT2D eigenvalue weighted by molar-refractivity contribution is -0.167. The SMILES string of the molecule is CC/C=C\C/C=C\C/C=C\C/C=C\C/C=C\CCCC(=O)OC[C@H](COC(=O)CCCCCCCCCCC/C=C\C/C=C\CCCCC)OC(=O)CCCCCCCCCCC/C=C\C/C=C\CCCCC. The fraction of sp³-hybridized carbons (Fsp3) is 0.687. The van der Waals surface area contributed by atoms with Crippen molar-refractivity contribution in [1.82, 2.24) is 0 Å². The number of esters is 3. The van der Waals surface area contributed by atoms with Crippen LogP contribution in [0.15, 0.2) is 109 Å². The third-order valence-corrected chi connectivity index (χ3v) is 12.7. The number of hydrogen-bond acceptors (Lipinski definition) is 6. The molecule has 416 valence electrons. The molecular formula is C67H112O6. The Hall–Kier alpha value is -3.93. The van der Waals surface area contributed by atoms with E-state index in [2.05, 4.69) is 130 Å². The van der Waals surface area contributed by atoms with Crippen molar-refractivity contribution in [3.05, 3.63) is 109 Å². The molecular weight excluding hydrogens is 901 g/mol. The Morgan fingerprint density at radius 3 is 0.890 bits per heavy atom. The van der Waals surface area contributed by atoms with Crippen molar-refractivity contribution in [3.63, 3.8) is 0 Å². The van der Waals surface area contributed by atoms with Crippen LogP contribution in [-0.4, -0.2) is 37.2 Å². The lowest BCUT2D eigenvalue weighted by atomic mass is 10.1. The second-order valence-electron chi connectivity index (χ2n) is 19.9. The van der Waals surface area contributed by atoms with E-state index in [1.807, 2.05) is 0 Å². The van der Waals surface area contributed by atoms with Crippen molar-refractivity contribution in [1.29, 1.82) is 0 Å². The molecule has 6 heteroatoms. The van der Waals surface area contributed by atoms with Crippen molar-refractivity contribution < 1.29 is 28.6 Å². The molecule has 0 bridgehead atoms. The summed E-state index contributed by atoms with van der Waals surface area (Å²) in [4.78, 5) is 38.3. The number of ether oxygens (including phenoxy) is 3. The third kappa shape index (κ3) is 58.8. The van der Waals surface area contributed by atoms with Crippen LogP contribution in [-0.2, 0) is 28.6 Å². The minimum atomic E-state index is -0.808. The van der Waals surface area contributed by atoms with Gasteiger partial charge in [-0.15, -0.1) is 0 Å². The maximum Gasteiger partial charge on any atom is 0.306 e. The maximum absolute atomic E-state index is 12.9. The highest BCUT2D eigenvalue weighted by Crippen LogP contribution is 2.15. The molecule has 0 fully saturated rings. The highest BCUT2D eigenvalue weighted by molar-refractivity contribution is 5.71. The Kier molecular flexibility index (Phi) is 57.4. The quantitative estimate of drug-likeness (QED) is 0.0261. The van der Waals surface area contributed by atoms with Gasteiger partial charge in [-0.25, -0.2) is 0 Å². The number of unbranched alkanes of at least 4 members (excludes halogenated alkanes) is 25. The van der Waals surface area contributed by atoms with E-state index in [0.717, 1.165) is 89.9 Å². The van der Waals surface area contributed by atoms with E-state index in [-0.39, 0.29) is 37.5 Å². The van der Waals surface area contributed by atoms with Crippen LogP contribution in [0.2, 0.25) is 0 Å². The molecule has 0 aromatic rings. The van der Waals surface area contributed by atoms with Gasteiger partial charge < -0.3 is 14.2 Å². The molecule has 0 unspecified atom stereocenters. The molecule has 0 aliphatic rings. The predicted octanol–water partition coefficient (Wildman–Crippen LogP) is 20.7. The Balaban J connectivity index is 4.48. The molecule has 0 rings (SSSR count). The minimum Gasteiger partial charge on any atom is -0.462 e. The third-order valence-electron chi connectivity index (χ3n) is 12.7. The number of carbonyl (C=O) groups excluding carboxylic acids is 3. The van der Waals surface area contributed by atoms with Gasteiger partial charge in [-0.1, -0.05) is 246 Å². The Morgan fingerprint density at radius 1 is 0.288 bits per heavy atom. The maximum atomic E-state index is 12.9. The van der Waals surface area contributed by atoms with Crippen LogP contribution in [0.4, 0.5) is 0 Å². The summed E-state index contributed by atoms with van der Waals surface area (Å²) in [5.41, 5.74) is 0. The summed E-state index contributed by atoms with van der Waals surface area (Å²) in [6.07, 6.45) is 82.3. The van der Waals surface area contributed by atoms with Gasteiger partial charge in [0, 0.05) is 19.3 Å². The Labute approximate surface area is 450 Å². The zero-order valence-electron chi connectivity index (χ0n) is 47.6. The monoisotopic (exact) mass is 1010 g/mol. The van der Waals surface area contributed by atoms with Crippen LogP contribution >= 0.6 is 0 Å². The summed E-state index contributed by atoms with van der Waals surface area (Å²) in [5, 5.41) is 0. The number of hydrogen-bond donors (Lipinski definition) is 0. The Morgan fingerprint density at radius 2 is 0.548 bits per heavy atom. The summed E-state index contributed by atoms with van der Waals surface area (Å²) in [6, 6.07) is 0. The van der Waals surface area contributed by atoms with Gasteiger partial charge in [0.05, 0.1) is 0 Å². The zero-order valence-corrected chi connectivity index (χ0v) is 47.6. The minimum absolute atomic E-state index is 0.101. The van der Waals surface area contributed by atoms with E-state index in [1.54, 1.807) is 0 Å². The predicted molar refractivity (Wildman–Crippen MR) is 316 cm³/mol. The molecule has 0 saturated carbocycles. The van der Waals surface area contributed by atoms with E-state index in [9.17, 15) is 14.4 Å². The highest BCUT2D eigenvalue weighted by atomic mass is 16.6. The van der Waals surface area contributed by atoms with Crippen LogP contribution in [0.1, 0.15) is 278 Å². The molecule has 1 atom stereocenters. The van der Waals surface area contributed by atoms with E-state index in [0.29, 0.717) is 19.3 Å². The second-order valence-corrected chi connectivity index (χ2v) is 19.9. The van der Waals surface area contributed by atoms with Crippen LogP contribution in [0.5, 0.6) is 0 Å². The number of rotatable bonds is 54. The Bertz CT molecular complexity index is 1490. The largest absolute Gasteiger partial charge is 0.462 e. The van der Waals surface area contributed by atoms with E-state index >= 15 is 0 Å². The molecule has 0 aliphatic heterocycles. The fourth-order valence-electron chi connectivity index (χ4n) is 8.19. The first-order valence-electron chi connectivity index (χ1n) is 30.4. The number of carbonyl (C=O) groups is 3. The topological polar surface area (TPSA) is 78.9 Å². The van der Waals surface area contributed by atoms with E-state index in [4.69, 9.17) is 14.2 Å². The molecule has 0 aromatic carbocycles. The molecule has 0 aliphatic carbocycles. The van der Waals surface area contributed by atoms with Gasteiger partial charge in [0.15, 0.2) is 6.10 Å². The van der Waals surface area contributed by atoms with Crippen molar-refractivity contribution in [2.75, 3.05) is 13.2 Å². The lowest BCUT2D eigenvalue weighted by Crippen LogP contribution is -2.30. The molecule has 0 radical (unpaired) electrons.